The summed E-state index contributed by atoms with van der Waals surface area (Å²) in [6.45, 7) is 5.06. The van der Waals surface area contributed by atoms with Crippen LogP contribution in [0.5, 0.6) is 0 Å². The van der Waals surface area contributed by atoms with E-state index in [4.69, 9.17) is 4.42 Å². The van der Waals surface area contributed by atoms with Gasteiger partial charge in [-0.2, -0.15) is 10.2 Å². The summed E-state index contributed by atoms with van der Waals surface area (Å²) >= 11 is 0. The number of carbonyl (C=O) groups excluding carboxylic acids is 1. The molecule has 0 unspecified atom stereocenters. The van der Waals surface area contributed by atoms with Crippen molar-refractivity contribution in [1.29, 1.82) is 0 Å². The zero-order valence-electron chi connectivity index (χ0n) is 19.1. The number of hydrogen-bond donors (Lipinski definition) is 0. The number of carbonyl (C=O) groups is 1. The zero-order chi connectivity index (χ0) is 23.7. The molecule has 3 aromatic rings. The van der Waals surface area contributed by atoms with Crippen molar-refractivity contribution in [2.45, 2.75) is 50.8 Å². The van der Waals surface area contributed by atoms with Crippen LogP contribution in [0.4, 0.5) is 8.78 Å². The van der Waals surface area contributed by atoms with E-state index < -0.39 is 11.6 Å². The summed E-state index contributed by atoms with van der Waals surface area (Å²) in [6.07, 6.45) is 6.48. The summed E-state index contributed by atoms with van der Waals surface area (Å²) in [5.74, 6) is -1.06. The maximum absolute atomic E-state index is 14.5. The zero-order valence-corrected chi connectivity index (χ0v) is 19.1. The Bertz CT molecular complexity index is 1260. The van der Waals surface area contributed by atoms with Crippen LogP contribution in [0.2, 0.25) is 6.32 Å². The van der Waals surface area contributed by atoms with Crippen molar-refractivity contribution in [2.24, 2.45) is 11.3 Å². The average molecular weight is 461 g/mol. The lowest BCUT2D eigenvalue weighted by atomic mass is 9.57. The van der Waals surface area contributed by atoms with Crippen molar-refractivity contribution in [3.8, 4) is 11.3 Å². The topological polar surface area (TPSA) is 72.1 Å². The normalized spacial score (nSPS) is 26.9. The molecule has 2 aliphatic carbocycles. The first kappa shape index (κ1) is 21.4. The maximum atomic E-state index is 14.5. The smallest absolute Gasteiger partial charge is 0.297 e. The molecule has 2 fully saturated rings. The van der Waals surface area contributed by atoms with Gasteiger partial charge in [0.15, 0.2) is 0 Å². The molecule has 0 spiro atoms. The monoisotopic (exact) mass is 461 g/mol. The molecule has 1 saturated heterocycles. The summed E-state index contributed by atoms with van der Waals surface area (Å²) in [6, 6.07) is 5.66. The van der Waals surface area contributed by atoms with Gasteiger partial charge in [0.1, 0.15) is 17.9 Å². The summed E-state index contributed by atoms with van der Waals surface area (Å²) < 4.78 is 34.2. The van der Waals surface area contributed by atoms with Gasteiger partial charge in [-0.3, -0.25) is 4.79 Å². The highest BCUT2D eigenvalue weighted by atomic mass is 19.1. The number of hydrogen-bond acceptors (Lipinski definition) is 5. The van der Waals surface area contributed by atoms with E-state index in [-0.39, 0.29) is 45.7 Å². The van der Waals surface area contributed by atoms with Gasteiger partial charge >= 0.3 is 0 Å². The number of benzene rings is 1. The van der Waals surface area contributed by atoms with Gasteiger partial charge in [0, 0.05) is 12.0 Å². The van der Waals surface area contributed by atoms with Gasteiger partial charge in [0.25, 0.3) is 19.2 Å². The van der Waals surface area contributed by atoms with E-state index in [1.165, 1.54) is 30.7 Å². The Labute approximate surface area is 197 Å². The van der Waals surface area contributed by atoms with Crippen LogP contribution in [-0.2, 0) is 5.41 Å². The van der Waals surface area contributed by atoms with E-state index in [2.05, 4.69) is 29.0 Å². The average Bonchev–Trinajstić information content (AvgIpc) is 3.50. The predicted octanol–water partition coefficient (Wildman–Crippen LogP) is 4.76. The van der Waals surface area contributed by atoms with Crippen LogP contribution in [0.1, 0.15) is 61.0 Å². The van der Waals surface area contributed by atoms with Crippen molar-refractivity contribution in [3.05, 3.63) is 65.5 Å². The fourth-order valence-electron chi connectivity index (χ4n) is 7.00. The molecule has 9 heteroatoms. The van der Waals surface area contributed by atoms with Crippen LogP contribution in [0, 0.1) is 23.0 Å². The molecular weight excluding hydrogens is 437 g/mol. The Kier molecular flexibility index (Phi) is 4.70. The van der Waals surface area contributed by atoms with E-state index >= 15 is 0 Å². The molecule has 1 radical (unpaired) electrons. The highest BCUT2D eigenvalue weighted by Crippen LogP contribution is 2.70. The quantitative estimate of drug-likeness (QED) is 0.526. The molecule has 3 aliphatic rings. The molecule has 1 amide bonds. The van der Waals surface area contributed by atoms with Crippen molar-refractivity contribution < 1.29 is 18.0 Å². The van der Waals surface area contributed by atoms with Crippen molar-refractivity contribution in [3.63, 3.8) is 0 Å². The minimum atomic E-state index is -0.644. The predicted molar refractivity (Wildman–Crippen MR) is 121 cm³/mol. The number of halogens is 2. The highest BCUT2D eigenvalue weighted by molar-refractivity contribution is 6.38. The Balaban J connectivity index is 1.40. The molecule has 1 aliphatic heterocycles. The lowest BCUT2D eigenvalue weighted by molar-refractivity contribution is 0.0671. The second-order valence-electron chi connectivity index (χ2n) is 10.2. The third-order valence-corrected chi connectivity index (χ3v) is 8.54. The fourth-order valence-corrected chi connectivity index (χ4v) is 7.00. The molecule has 2 bridgehead atoms. The Hall–Kier alpha value is -3.10. The van der Waals surface area contributed by atoms with Gasteiger partial charge in [-0.25, -0.2) is 13.8 Å². The minimum absolute atomic E-state index is 0.0844. The number of nitrogens with zero attached hydrogens (tertiary/aromatic N) is 4. The van der Waals surface area contributed by atoms with Gasteiger partial charge in [-0.1, -0.05) is 32.7 Å². The lowest BCUT2D eigenvalue weighted by Gasteiger charge is -2.48. The molecular formula is C25H24BF2N4O2. The Morgan fingerprint density at radius 2 is 2.00 bits per heavy atom. The van der Waals surface area contributed by atoms with Crippen molar-refractivity contribution >= 4 is 13.3 Å². The molecule has 6 rings (SSSR count). The second-order valence-corrected chi connectivity index (χ2v) is 10.2. The first-order valence-corrected chi connectivity index (χ1v) is 11.7. The number of oxazole rings is 1. The Morgan fingerprint density at radius 3 is 2.74 bits per heavy atom. The fraction of sp³-hybridized carbons (Fsp3) is 0.440. The van der Waals surface area contributed by atoms with Gasteiger partial charge < -0.3 is 9.23 Å². The summed E-state index contributed by atoms with van der Waals surface area (Å²) in [5.41, 5.74) is 1.65. The number of fused-ring (bicyclic) bond motifs is 5. The highest BCUT2D eigenvalue weighted by Gasteiger charge is 2.66. The third-order valence-electron chi connectivity index (χ3n) is 8.54. The van der Waals surface area contributed by atoms with Crippen LogP contribution in [0.3, 0.4) is 0 Å². The molecule has 1 saturated carbocycles. The second kappa shape index (κ2) is 7.45. The SMILES string of the molecule is CC1(C)[C@H]2CC[C@]1([C@H]1CC[B]N(C(=O)c3ncco3)C1)c1nnc(-c3c(F)cccc3F)cc12. The van der Waals surface area contributed by atoms with Crippen LogP contribution >= 0.6 is 0 Å². The third kappa shape index (κ3) is 2.78. The van der Waals surface area contributed by atoms with Gasteiger partial charge in [-0.15, -0.1) is 0 Å². The molecule has 1 aromatic carbocycles. The van der Waals surface area contributed by atoms with E-state index in [0.29, 0.717) is 6.54 Å². The van der Waals surface area contributed by atoms with Crippen molar-refractivity contribution in [1.82, 2.24) is 20.0 Å². The molecule has 3 atom stereocenters. The van der Waals surface area contributed by atoms with Crippen molar-refractivity contribution in [2.75, 3.05) is 6.54 Å². The molecule has 6 nitrogen and oxygen atoms in total. The number of aromatic nitrogens is 3. The number of rotatable bonds is 3. The molecule has 3 heterocycles. The standard InChI is InChI=1S/C25H24BF2N4O2/c1-24(2)16-6-8-25(24,14-7-9-26-32(13-14)23(33)22-29-10-11-34-22)21-15(16)12-19(30-31-21)20-17(27)4-3-5-18(20)28/h3-5,10-12,14,16H,6-9,13H2,1-2H3/t14-,16-,25-/m0/s1. The lowest BCUT2D eigenvalue weighted by Crippen LogP contribution is -2.52. The van der Waals surface area contributed by atoms with Gasteiger partial charge in [-0.05, 0) is 53.9 Å². The maximum Gasteiger partial charge on any atom is 0.297 e. The minimum Gasteiger partial charge on any atom is -0.441 e. The van der Waals surface area contributed by atoms with E-state index in [1.54, 1.807) is 4.81 Å². The van der Waals surface area contributed by atoms with Crippen LogP contribution in [0.15, 0.2) is 41.1 Å². The molecule has 173 valence electrons. The number of amides is 1. The van der Waals surface area contributed by atoms with Gasteiger partial charge in [0.2, 0.25) is 0 Å². The molecule has 34 heavy (non-hydrogen) atoms. The first-order valence-electron chi connectivity index (χ1n) is 11.7. The summed E-state index contributed by atoms with van der Waals surface area (Å²) in [5, 5.41) is 8.95. The van der Waals surface area contributed by atoms with Crippen LogP contribution in [0.25, 0.3) is 11.3 Å². The van der Waals surface area contributed by atoms with Crippen LogP contribution < -0.4 is 0 Å². The van der Waals surface area contributed by atoms with E-state index in [9.17, 15) is 13.6 Å². The summed E-state index contributed by atoms with van der Waals surface area (Å²) in [7, 11) is 1.92. The first-order chi connectivity index (χ1) is 16.3. The van der Waals surface area contributed by atoms with E-state index in [0.717, 1.165) is 36.8 Å². The molecule has 0 N–H and O–H groups in total. The molecule has 2 aromatic heterocycles. The Morgan fingerprint density at radius 1 is 1.21 bits per heavy atom. The largest absolute Gasteiger partial charge is 0.441 e. The van der Waals surface area contributed by atoms with Crippen LogP contribution in [-0.4, -0.2) is 39.9 Å². The van der Waals surface area contributed by atoms with E-state index in [1.807, 2.05) is 13.5 Å². The van der Waals surface area contributed by atoms with Gasteiger partial charge in [0.05, 0.1) is 23.1 Å². The summed E-state index contributed by atoms with van der Waals surface area (Å²) in [4.78, 5) is 18.7.